The molecule has 2 aromatic rings. The standard InChI is InChI=1S/C34H35ClFNO6S2/c1-31-13-11-21(38)15-20(31)5-9-25-24-12-14-33(30(42)44-18-37,32(24,2)17-28(40)34(25,31)36)43-29(41)19-3-6-22(7-4-19)45-23-8-10-27(39)26(35)16-23/h3-4,6-8,10-11,13,15-16,24-25,28,39-40H,5,9,12,14,17-18,37H2,1-2H3/t24-,25-,28-,31-,32-,33-,34-/m0/s1. The molecular formula is C34H35ClFNO6S2. The number of carbonyl (C=O) groups excluding carboxylic acids is 3. The summed E-state index contributed by atoms with van der Waals surface area (Å²) in [6.07, 6.45) is 4.43. The van der Waals surface area contributed by atoms with E-state index < -0.39 is 45.2 Å². The molecule has 4 aliphatic rings. The molecule has 6 rings (SSSR count). The van der Waals surface area contributed by atoms with Gasteiger partial charge in [-0.15, -0.1) is 0 Å². The van der Waals surface area contributed by atoms with Gasteiger partial charge in [0, 0.05) is 32.4 Å². The summed E-state index contributed by atoms with van der Waals surface area (Å²) in [6.45, 7) is 3.59. The van der Waals surface area contributed by atoms with Crippen LogP contribution in [0.5, 0.6) is 5.75 Å². The van der Waals surface area contributed by atoms with Gasteiger partial charge in [0.15, 0.2) is 17.1 Å². The lowest BCUT2D eigenvalue weighted by atomic mass is 9.45. The average Bonchev–Trinajstić information content (AvgIpc) is 3.28. The number of alkyl halides is 1. The Labute approximate surface area is 274 Å². The molecule has 7 nitrogen and oxygen atoms in total. The highest BCUT2D eigenvalue weighted by atomic mass is 35.5. The number of thioether (sulfide) groups is 1. The number of rotatable bonds is 6. The minimum absolute atomic E-state index is 0.0116. The molecule has 0 radical (unpaired) electrons. The van der Waals surface area contributed by atoms with Crippen LogP contribution in [0, 0.1) is 22.7 Å². The number of ether oxygens (including phenoxy) is 1. The summed E-state index contributed by atoms with van der Waals surface area (Å²) >= 11 is 8.30. The lowest BCUT2D eigenvalue weighted by Gasteiger charge is -2.62. The molecular weight excluding hydrogens is 637 g/mol. The number of carbonyl (C=O) groups is 3. The number of benzene rings is 2. The fourth-order valence-electron chi connectivity index (χ4n) is 8.50. The largest absolute Gasteiger partial charge is 0.506 e. The molecule has 2 aromatic carbocycles. The summed E-state index contributed by atoms with van der Waals surface area (Å²) in [4.78, 5) is 41.4. The van der Waals surface area contributed by atoms with E-state index in [-0.39, 0.29) is 46.8 Å². The van der Waals surface area contributed by atoms with Gasteiger partial charge in [-0.25, -0.2) is 9.18 Å². The second kappa shape index (κ2) is 11.6. The highest BCUT2D eigenvalue weighted by Gasteiger charge is 2.75. The van der Waals surface area contributed by atoms with Crippen molar-refractivity contribution in [1.82, 2.24) is 0 Å². The molecule has 0 unspecified atom stereocenters. The maximum Gasteiger partial charge on any atom is 0.339 e. The van der Waals surface area contributed by atoms with E-state index in [4.69, 9.17) is 22.1 Å². The Balaban J connectivity index is 1.30. The molecule has 45 heavy (non-hydrogen) atoms. The Kier molecular flexibility index (Phi) is 8.30. The van der Waals surface area contributed by atoms with Crippen molar-refractivity contribution in [3.8, 4) is 5.75 Å². The monoisotopic (exact) mass is 671 g/mol. The van der Waals surface area contributed by atoms with Crippen molar-refractivity contribution in [2.24, 2.45) is 28.4 Å². The molecule has 0 aliphatic heterocycles. The first-order valence-corrected chi connectivity index (χ1v) is 17.2. The Morgan fingerprint density at radius 2 is 1.82 bits per heavy atom. The maximum absolute atomic E-state index is 17.5. The predicted octanol–water partition coefficient (Wildman–Crippen LogP) is 6.64. The summed E-state index contributed by atoms with van der Waals surface area (Å²) in [5.41, 5.74) is 0.821. The van der Waals surface area contributed by atoms with E-state index >= 15 is 4.39 Å². The average molecular weight is 672 g/mol. The van der Waals surface area contributed by atoms with E-state index in [0.717, 1.165) is 21.6 Å². The number of aliphatic hydroxyl groups is 1. The summed E-state index contributed by atoms with van der Waals surface area (Å²) < 4.78 is 23.8. The zero-order valence-electron chi connectivity index (χ0n) is 24.9. The van der Waals surface area contributed by atoms with Gasteiger partial charge >= 0.3 is 5.97 Å². The van der Waals surface area contributed by atoms with Crippen LogP contribution in [0.1, 0.15) is 56.3 Å². The zero-order chi connectivity index (χ0) is 32.4. The van der Waals surface area contributed by atoms with E-state index in [1.54, 1.807) is 49.4 Å². The van der Waals surface area contributed by atoms with Crippen LogP contribution in [-0.2, 0) is 14.3 Å². The van der Waals surface area contributed by atoms with Crippen LogP contribution in [0.2, 0.25) is 5.02 Å². The number of ketones is 1. The molecule has 4 N–H and O–H groups in total. The van der Waals surface area contributed by atoms with Crippen LogP contribution in [0.15, 0.2) is 76.1 Å². The quantitative estimate of drug-likeness (QED) is 0.229. The van der Waals surface area contributed by atoms with Crippen molar-refractivity contribution >= 4 is 52.0 Å². The predicted molar refractivity (Wildman–Crippen MR) is 172 cm³/mol. The van der Waals surface area contributed by atoms with Crippen LogP contribution < -0.4 is 5.73 Å². The van der Waals surface area contributed by atoms with Gasteiger partial charge in [-0.1, -0.05) is 53.7 Å². The number of halogens is 2. The number of allylic oxidation sites excluding steroid dienone is 4. The summed E-state index contributed by atoms with van der Waals surface area (Å²) in [6, 6.07) is 11.6. The van der Waals surface area contributed by atoms with Crippen LogP contribution in [0.25, 0.3) is 0 Å². The lowest BCUT2D eigenvalue weighted by molar-refractivity contribution is -0.214. The molecule has 4 aliphatic carbocycles. The summed E-state index contributed by atoms with van der Waals surface area (Å²) in [5, 5.41) is 21.2. The maximum atomic E-state index is 17.5. The molecule has 7 atom stereocenters. The second-order valence-corrected chi connectivity index (χ2v) is 15.4. The molecule has 3 saturated carbocycles. The van der Waals surface area contributed by atoms with Gasteiger partial charge in [0.05, 0.1) is 16.7 Å². The Morgan fingerprint density at radius 1 is 1.11 bits per heavy atom. The number of nitrogens with two attached hydrogens (primary N) is 1. The minimum atomic E-state index is -2.06. The van der Waals surface area contributed by atoms with Crippen molar-refractivity contribution < 1.29 is 33.7 Å². The molecule has 238 valence electrons. The number of hydrogen-bond acceptors (Lipinski definition) is 9. The number of phenolic OH excluding ortho intramolecular Hbond substituents is 1. The molecule has 0 bridgehead atoms. The first-order chi connectivity index (χ1) is 21.3. The van der Waals surface area contributed by atoms with E-state index in [9.17, 15) is 24.6 Å². The van der Waals surface area contributed by atoms with Gasteiger partial charge < -0.3 is 20.7 Å². The van der Waals surface area contributed by atoms with Crippen molar-refractivity contribution in [3.63, 3.8) is 0 Å². The SMILES string of the molecule is C[C@]12C=CC(=O)C=C1CC[C@H]1[C@@H]3CC[C@](OC(=O)c4ccc(Sc5ccc(O)c(Cl)c5)cc4)(C(=O)SCN)[C@@]3(C)C[C@H](O)[C@@]12F. The Bertz CT molecular complexity index is 1630. The van der Waals surface area contributed by atoms with Crippen LogP contribution >= 0.6 is 35.1 Å². The smallest absolute Gasteiger partial charge is 0.339 e. The third-order valence-corrected chi connectivity index (χ3v) is 12.9. The minimum Gasteiger partial charge on any atom is -0.506 e. The first kappa shape index (κ1) is 32.3. The van der Waals surface area contributed by atoms with E-state index in [1.807, 2.05) is 6.92 Å². The molecule has 0 amide bonds. The number of fused-ring (bicyclic) bond motifs is 5. The van der Waals surface area contributed by atoms with Gasteiger partial charge in [0.2, 0.25) is 5.12 Å². The highest BCUT2D eigenvalue weighted by Crippen LogP contribution is 2.70. The number of esters is 1. The highest BCUT2D eigenvalue weighted by molar-refractivity contribution is 8.13. The third kappa shape index (κ3) is 4.90. The zero-order valence-corrected chi connectivity index (χ0v) is 27.3. The normalized spacial score (nSPS) is 35.2. The molecule has 0 saturated heterocycles. The van der Waals surface area contributed by atoms with Gasteiger partial charge in [-0.05, 0) is 99.6 Å². The fourth-order valence-corrected chi connectivity index (χ4v) is 10.4. The van der Waals surface area contributed by atoms with Gasteiger partial charge in [-0.3, -0.25) is 9.59 Å². The fraction of sp³-hybridized carbons (Fsp3) is 0.441. The molecule has 11 heteroatoms. The molecule has 0 heterocycles. The second-order valence-electron chi connectivity index (χ2n) is 12.9. The molecule has 0 spiro atoms. The number of aliphatic hydroxyl groups excluding tert-OH is 1. The van der Waals surface area contributed by atoms with Crippen LogP contribution in [0.3, 0.4) is 0 Å². The van der Waals surface area contributed by atoms with Gasteiger partial charge in [0.25, 0.3) is 0 Å². The van der Waals surface area contributed by atoms with Crippen LogP contribution in [0.4, 0.5) is 4.39 Å². The van der Waals surface area contributed by atoms with Crippen molar-refractivity contribution in [2.75, 3.05) is 5.88 Å². The van der Waals surface area contributed by atoms with Crippen molar-refractivity contribution in [2.45, 2.75) is 73.1 Å². The Morgan fingerprint density at radius 3 is 2.51 bits per heavy atom. The van der Waals surface area contributed by atoms with Crippen molar-refractivity contribution in [3.05, 3.63) is 76.9 Å². The topological polar surface area (TPSA) is 127 Å². The molecule has 3 fully saturated rings. The van der Waals surface area contributed by atoms with Crippen LogP contribution in [-0.4, -0.2) is 50.3 Å². The number of hydrogen-bond donors (Lipinski definition) is 3. The third-order valence-electron chi connectivity index (χ3n) is 10.8. The number of aromatic hydroxyl groups is 1. The first-order valence-electron chi connectivity index (χ1n) is 15.0. The summed E-state index contributed by atoms with van der Waals surface area (Å²) in [7, 11) is 0. The van der Waals surface area contributed by atoms with Crippen molar-refractivity contribution in [1.29, 1.82) is 0 Å². The van der Waals surface area contributed by atoms with E-state index in [2.05, 4.69) is 0 Å². The van der Waals surface area contributed by atoms with Gasteiger partial charge in [-0.2, -0.15) is 0 Å². The van der Waals surface area contributed by atoms with E-state index in [1.165, 1.54) is 30.0 Å². The Hall–Kier alpha value is -2.63. The lowest BCUT2D eigenvalue weighted by Crippen LogP contribution is -2.69. The van der Waals surface area contributed by atoms with E-state index in [0.29, 0.717) is 24.8 Å². The molecule has 0 aromatic heterocycles. The summed E-state index contributed by atoms with van der Waals surface area (Å²) in [5.74, 6) is -1.88. The van der Waals surface area contributed by atoms with Gasteiger partial charge in [0.1, 0.15) is 5.75 Å². The number of phenols is 1.